The zero-order valence-corrected chi connectivity index (χ0v) is 15.7. The maximum Gasteiger partial charge on any atom is 0.308 e. The highest BCUT2D eigenvalue weighted by atomic mass is 19.1. The van der Waals surface area contributed by atoms with Crippen LogP contribution in [0.25, 0.3) is 0 Å². The van der Waals surface area contributed by atoms with E-state index >= 15 is 0 Å². The maximum atomic E-state index is 13.5. The number of likely N-dealkylation sites (tertiary alicyclic amines) is 1. The number of nitrogens with one attached hydrogen (secondary N) is 1. The van der Waals surface area contributed by atoms with Crippen LogP contribution in [0, 0.1) is 24.6 Å². The molecule has 2 aliphatic rings. The smallest absolute Gasteiger partial charge is 0.308 e. The van der Waals surface area contributed by atoms with Crippen molar-refractivity contribution in [3.05, 3.63) is 29.6 Å². The second-order valence-electron chi connectivity index (χ2n) is 7.25. The summed E-state index contributed by atoms with van der Waals surface area (Å²) in [6, 6.07) is 4.25. The van der Waals surface area contributed by atoms with Crippen LogP contribution in [0.4, 0.5) is 10.1 Å². The number of carbonyl (C=O) groups excluding carboxylic acids is 4. The van der Waals surface area contributed by atoms with Crippen LogP contribution in [0.5, 0.6) is 0 Å². The Morgan fingerprint density at radius 2 is 1.82 bits per heavy atom. The third kappa shape index (κ3) is 4.37. The molecular formula is C20H23FN2O5. The summed E-state index contributed by atoms with van der Waals surface area (Å²) < 4.78 is 18.4. The van der Waals surface area contributed by atoms with Crippen LogP contribution in [-0.2, 0) is 23.9 Å². The normalized spacial score (nSPS) is 21.4. The van der Waals surface area contributed by atoms with Gasteiger partial charge in [-0.25, -0.2) is 4.39 Å². The van der Waals surface area contributed by atoms with Crippen LogP contribution in [0.3, 0.4) is 0 Å². The Kier molecular flexibility index (Phi) is 6.06. The number of hydrogen-bond donors (Lipinski definition) is 1. The second kappa shape index (κ2) is 8.50. The number of rotatable bonds is 6. The number of carbonyl (C=O) groups is 4. The Hall–Kier alpha value is -2.77. The van der Waals surface area contributed by atoms with Crippen LogP contribution in [-0.4, -0.2) is 41.7 Å². The molecule has 7 nitrogen and oxygen atoms in total. The molecule has 3 rings (SSSR count). The van der Waals surface area contributed by atoms with Crippen molar-refractivity contribution in [1.29, 1.82) is 0 Å². The van der Waals surface area contributed by atoms with Crippen LogP contribution >= 0.6 is 0 Å². The van der Waals surface area contributed by atoms with Crippen molar-refractivity contribution < 1.29 is 28.3 Å². The molecule has 0 spiro atoms. The Bertz CT molecular complexity index is 786. The monoisotopic (exact) mass is 390 g/mol. The number of amides is 3. The van der Waals surface area contributed by atoms with E-state index in [1.807, 2.05) is 0 Å². The van der Waals surface area contributed by atoms with Crippen molar-refractivity contribution in [2.45, 2.75) is 39.0 Å². The molecule has 1 aliphatic heterocycles. The lowest BCUT2D eigenvalue weighted by atomic mass is 9.81. The summed E-state index contributed by atoms with van der Waals surface area (Å²) in [7, 11) is 0. The first-order chi connectivity index (χ1) is 13.4. The molecular weight excluding hydrogens is 367 g/mol. The van der Waals surface area contributed by atoms with E-state index in [2.05, 4.69) is 5.32 Å². The lowest BCUT2D eigenvalue weighted by molar-refractivity contribution is -0.148. The molecule has 1 saturated carbocycles. The summed E-state index contributed by atoms with van der Waals surface area (Å²) in [5.74, 6) is -2.65. The van der Waals surface area contributed by atoms with Crippen LogP contribution < -0.4 is 5.32 Å². The molecule has 1 saturated heterocycles. The quantitative estimate of drug-likeness (QED) is 0.594. The second-order valence-corrected chi connectivity index (χ2v) is 7.25. The van der Waals surface area contributed by atoms with Gasteiger partial charge in [0.15, 0.2) is 6.61 Å². The van der Waals surface area contributed by atoms with Gasteiger partial charge in [-0.2, -0.15) is 0 Å². The maximum absolute atomic E-state index is 13.5. The molecule has 1 heterocycles. The number of aryl methyl sites for hydroxylation is 1. The lowest BCUT2D eigenvalue weighted by Gasteiger charge is -2.19. The molecule has 2 atom stereocenters. The van der Waals surface area contributed by atoms with Gasteiger partial charge in [0, 0.05) is 12.2 Å². The minimum Gasteiger partial charge on any atom is -0.456 e. The first-order valence-electron chi connectivity index (χ1n) is 9.43. The van der Waals surface area contributed by atoms with Gasteiger partial charge in [0.1, 0.15) is 5.82 Å². The standard InChI is InChI=1S/C20H23FN2O5/c1-12-6-7-13(10-16(12)21)22-17(24)11-28-18(25)8-9-23-19(26)14-4-2-3-5-15(14)20(23)27/h6-7,10,14-15H,2-5,8-9,11H2,1H3,(H,22,24)/t14-,15-/m0/s1. The van der Waals surface area contributed by atoms with E-state index in [0.717, 1.165) is 30.6 Å². The molecule has 0 bridgehead atoms. The van der Waals surface area contributed by atoms with Crippen molar-refractivity contribution in [2.24, 2.45) is 11.8 Å². The number of halogens is 1. The van der Waals surface area contributed by atoms with Gasteiger partial charge in [0.2, 0.25) is 11.8 Å². The molecule has 0 unspecified atom stereocenters. The zero-order valence-electron chi connectivity index (χ0n) is 15.7. The molecule has 2 fully saturated rings. The topological polar surface area (TPSA) is 92.8 Å². The number of nitrogens with zero attached hydrogens (tertiary/aromatic N) is 1. The summed E-state index contributed by atoms with van der Waals surface area (Å²) in [5, 5.41) is 2.44. The Morgan fingerprint density at radius 3 is 2.43 bits per heavy atom. The number of anilines is 1. The Labute approximate surface area is 162 Å². The van der Waals surface area contributed by atoms with Crippen molar-refractivity contribution in [1.82, 2.24) is 4.90 Å². The highest BCUT2D eigenvalue weighted by Gasteiger charge is 2.47. The highest BCUT2D eigenvalue weighted by molar-refractivity contribution is 6.05. The van der Waals surface area contributed by atoms with Crippen LogP contribution in [0.15, 0.2) is 18.2 Å². The number of fused-ring (bicyclic) bond motifs is 1. The molecule has 0 aromatic heterocycles. The lowest BCUT2D eigenvalue weighted by Crippen LogP contribution is -2.33. The van der Waals surface area contributed by atoms with Gasteiger partial charge >= 0.3 is 5.97 Å². The van der Waals surface area contributed by atoms with Gasteiger partial charge in [-0.05, 0) is 37.5 Å². The van der Waals surface area contributed by atoms with Crippen LogP contribution in [0.2, 0.25) is 0 Å². The van der Waals surface area contributed by atoms with E-state index in [0.29, 0.717) is 5.56 Å². The van der Waals surface area contributed by atoms with Crippen molar-refractivity contribution in [3.63, 3.8) is 0 Å². The molecule has 1 aromatic carbocycles. The fraction of sp³-hybridized carbons (Fsp3) is 0.500. The predicted molar refractivity (Wildman–Crippen MR) is 97.5 cm³/mol. The van der Waals surface area contributed by atoms with Gasteiger partial charge in [-0.15, -0.1) is 0 Å². The first kappa shape index (κ1) is 20.0. The SMILES string of the molecule is Cc1ccc(NC(=O)COC(=O)CCN2C(=O)[C@H]3CCCC[C@@H]3C2=O)cc1F. The van der Waals surface area contributed by atoms with Crippen molar-refractivity contribution >= 4 is 29.4 Å². The average molecular weight is 390 g/mol. The number of imide groups is 1. The zero-order chi connectivity index (χ0) is 20.3. The fourth-order valence-corrected chi connectivity index (χ4v) is 3.74. The number of esters is 1. The van der Waals surface area contributed by atoms with E-state index in [-0.39, 0.29) is 42.3 Å². The van der Waals surface area contributed by atoms with E-state index in [1.54, 1.807) is 13.0 Å². The Balaban J connectivity index is 1.43. The molecule has 28 heavy (non-hydrogen) atoms. The van der Waals surface area contributed by atoms with Crippen molar-refractivity contribution in [2.75, 3.05) is 18.5 Å². The molecule has 150 valence electrons. The number of benzene rings is 1. The molecule has 1 aliphatic carbocycles. The predicted octanol–water partition coefficient (Wildman–Crippen LogP) is 2.18. The van der Waals surface area contributed by atoms with Crippen LogP contribution in [0.1, 0.15) is 37.7 Å². The van der Waals surface area contributed by atoms with Gasteiger partial charge in [0.25, 0.3) is 5.91 Å². The van der Waals surface area contributed by atoms with E-state index < -0.39 is 24.3 Å². The molecule has 1 N–H and O–H groups in total. The Morgan fingerprint density at radius 1 is 1.18 bits per heavy atom. The summed E-state index contributed by atoms with van der Waals surface area (Å²) in [5.41, 5.74) is 0.718. The van der Waals surface area contributed by atoms with E-state index in [1.165, 1.54) is 12.1 Å². The van der Waals surface area contributed by atoms with Crippen molar-refractivity contribution in [3.8, 4) is 0 Å². The molecule has 8 heteroatoms. The number of hydrogen-bond acceptors (Lipinski definition) is 5. The minimum atomic E-state index is -0.680. The van der Waals surface area contributed by atoms with E-state index in [4.69, 9.17) is 4.74 Å². The molecule has 0 radical (unpaired) electrons. The fourth-order valence-electron chi connectivity index (χ4n) is 3.74. The summed E-state index contributed by atoms with van der Waals surface area (Å²) in [6.07, 6.45) is 3.15. The highest BCUT2D eigenvalue weighted by Crippen LogP contribution is 2.37. The van der Waals surface area contributed by atoms with Gasteiger partial charge in [-0.3, -0.25) is 24.1 Å². The minimum absolute atomic E-state index is 0.0334. The summed E-state index contributed by atoms with van der Waals surface area (Å²) >= 11 is 0. The number of ether oxygens (including phenoxy) is 1. The largest absolute Gasteiger partial charge is 0.456 e. The first-order valence-corrected chi connectivity index (χ1v) is 9.43. The van der Waals surface area contributed by atoms with E-state index in [9.17, 15) is 23.6 Å². The molecule has 1 aromatic rings. The van der Waals surface area contributed by atoms with Gasteiger partial charge < -0.3 is 10.1 Å². The average Bonchev–Trinajstić information content (AvgIpc) is 2.92. The molecule has 3 amide bonds. The third-order valence-electron chi connectivity index (χ3n) is 5.29. The third-order valence-corrected chi connectivity index (χ3v) is 5.29. The van der Waals surface area contributed by atoms with Gasteiger partial charge in [0.05, 0.1) is 18.3 Å². The van der Waals surface area contributed by atoms with Gasteiger partial charge in [-0.1, -0.05) is 18.9 Å². The summed E-state index contributed by atoms with van der Waals surface area (Å²) in [6.45, 7) is 1.04. The summed E-state index contributed by atoms with van der Waals surface area (Å²) in [4.78, 5) is 49.5.